The van der Waals surface area contributed by atoms with Crippen molar-refractivity contribution >= 4 is 0 Å². The third kappa shape index (κ3) is 3.89. The number of rotatable bonds is 5. The Hall–Kier alpha value is -0.0400. The van der Waals surface area contributed by atoms with Gasteiger partial charge in [-0.1, -0.05) is 27.2 Å². The van der Waals surface area contributed by atoms with Gasteiger partial charge in [-0.15, -0.1) is 0 Å². The molecule has 0 aromatic rings. The van der Waals surface area contributed by atoms with Crippen LogP contribution in [0.25, 0.3) is 0 Å². The van der Waals surface area contributed by atoms with Crippen LogP contribution in [0.3, 0.4) is 0 Å². The lowest BCUT2D eigenvalue weighted by atomic mass is 9.89. The minimum atomic E-state index is 0.830. The van der Waals surface area contributed by atoms with E-state index in [1.165, 1.54) is 19.3 Å². The maximum absolute atomic E-state index is 5.43. The summed E-state index contributed by atoms with van der Waals surface area (Å²) in [6.07, 6.45) is 3.80. The number of nitrogens with two attached hydrogens (primary N) is 1. The monoisotopic (exact) mass is 143 g/mol. The predicted octanol–water partition coefficient (Wildman–Crippen LogP) is 2.41. The van der Waals surface area contributed by atoms with Gasteiger partial charge in [0, 0.05) is 0 Å². The van der Waals surface area contributed by atoms with E-state index < -0.39 is 0 Å². The molecule has 0 saturated heterocycles. The van der Waals surface area contributed by atoms with Crippen molar-refractivity contribution in [2.24, 2.45) is 17.6 Å². The Balaban J connectivity index is 3.40. The molecule has 10 heavy (non-hydrogen) atoms. The average Bonchev–Trinajstić information content (AvgIpc) is 1.89. The lowest BCUT2D eigenvalue weighted by Gasteiger charge is -2.17. The Morgan fingerprint density at radius 2 is 1.90 bits per heavy atom. The lowest BCUT2D eigenvalue weighted by molar-refractivity contribution is 0.343. The maximum atomic E-state index is 5.43. The van der Waals surface area contributed by atoms with Crippen molar-refractivity contribution in [3.05, 3.63) is 0 Å². The first-order valence-electron chi connectivity index (χ1n) is 4.42. The van der Waals surface area contributed by atoms with Gasteiger partial charge in [0.2, 0.25) is 0 Å². The molecule has 0 saturated carbocycles. The topological polar surface area (TPSA) is 26.0 Å². The van der Waals surface area contributed by atoms with Crippen LogP contribution in [0.1, 0.15) is 40.0 Å². The molecule has 1 atom stereocenters. The van der Waals surface area contributed by atoms with Gasteiger partial charge in [0.25, 0.3) is 0 Å². The minimum absolute atomic E-state index is 0.830. The van der Waals surface area contributed by atoms with Gasteiger partial charge in [-0.3, -0.25) is 0 Å². The highest BCUT2D eigenvalue weighted by molar-refractivity contribution is 4.61. The third-order valence-electron chi connectivity index (χ3n) is 2.25. The number of hydrogen-bond acceptors (Lipinski definition) is 1. The van der Waals surface area contributed by atoms with E-state index in [4.69, 9.17) is 5.73 Å². The van der Waals surface area contributed by atoms with E-state index in [0.29, 0.717) is 0 Å². The second-order valence-corrected chi connectivity index (χ2v) is 3.34. The Labute approximate surface area is 65.0 Å². The van der Waals surface area contributed by atoms with Crippen LogP contribution in [0.15, 0.2) is 0 Å². The molecule has 0 aliphatic carbocycles. The minimum Gasteiger partial charge on any atom is -0.330 e. The van der Waals surface area contributed by atoms with E-state index in [2.05, 4.69) is 20.8 Å². The molecule has 2 N–H and O–H groups in total. The molecule has 0 aromatic carbocycles. The normalized spacial score (nSPS) is 14.1. The van der Waals surface area contributed by atoms with Crippen LogP contribution in [0, 0.1) is 11.8 Å². The van der Waals surface area contributed by atoms with Crippen LogP contribution >= 0.6 is 0 Å². The van der Waals surface area contributed by atoms with Crippen molar-refractivity contribution in [3.63, 3.8) is 0 Å². The summed E-state index contributed by atoms with van der Waals surface area (Å²) in [5.41, 5.74) is 5.43. The summed E-state index contributed by atoms with van der Waals surface area (Å²) in [5, 5.41) is 0. The van der Waals surface area contributed by atoms with E-state index >= 15 is 0 Å². The van der Waals surface area contributed by atoms with E-state index in [1.54, 1.807) is 0 Å². The molecule has 1 nitrogen and oxygen atoms in total. The van der Waals surface area contributed by atoms with Crippen molar-refractivity contribution in [2.75, 3.05) is 6.54 Å². The van der Waals surface area contributed by atoms with Crippen LogP contribution in [-0.4, -0.2) is 6.54 Å². The zero-order valence-corrected chi connectivity index (χ0v) is 7.56. The molecule has 0 bridgehead atoms. The van der Waals surface area contributed by atoms with Crippen molar-refractivity contribution in [1.29, 1.82) is 0 Å². The first-order chi connectivity index (χ1) is 4.72. The Bertz CT molecular complexity index is 69.1. The van der Waals surface area contributed by atoms with Gasteiger partial charge in [0.15, 0.2) is 0 Å². The average molecular weight is 143 g/mol. The SMILES string of the molecule is CC[C@H](CCCN)C(C)C. The molecule has 62 valence electrons. The lowest BCUT2D eigenvalue weighted by Crippen LogP contribution is -2.10. The van der Waals surface area contributed by atoms with Gasteiger partial charge in [-0.2, -0.15) is 0 Å². The molecule has 0 fully saturated rings. The van der Waals surface area contributed by atoms with Crippen LogP contribution < -0.4 is 5.73 Å². The molecule has 0 amide bonds. The van der Waals surface area contributed by atoms with Gasteiger partial charge in [-0.25, -0.2) is 0 Å². The molecule has 0 spiro atoms. The zero-order chi connectivity index (χ0) is 7.98. The largest absolute Gasteiger partial charge is 0.330 e. The summed E-state index contributed by atoms with van der Waals surface area (Å²) >= 11 is 0. The Morgan fingerprint density at radius 3 is 2.20 bits per heavy atom. The molecule has 0 rings (SSSR count). The van der Waals surface area contributed by atoms with Crippen LogP contribution in [0.4, 0.5) is 0 Å². The summed E-state index contributed by atoms with van der Waals surface area (Å²) in [7, 11) is 0. The first-order valence-corrected chi connectivity index (χ1v) is 4.42. The summed E-state index contributed by atoms with van der Waals surface area (Å²) in [6, 6.07) is 0. The van der Waals surface area contributed by atoms with Gasteiger partial charge in [0.05, 0.1) is 0 Å². The molecular formula is C9H21N. The van der Waals surface area contributed by atoms with Crippen molar-refractivity contribution < 1.29 is 0 Å². The predicted molar refractivity (Wildman–Crippen MR) is 46.9 cm³/mol. The molecule has 0 unspecified atom stereocenters. The fourth-order valence-corrected chi connectivity index (χ4v) is 1.39. The zero-order valence-electron chi connectivity index (χ0n) is 7.56. The molecule has 0 aromatic heterocycles. The Morgan fingerprint density at radius 1 is 1.30 bits per heavy atom. The second-order valence-electron chi connectivity index (χ2n) is 3.34. The fourth-order valence-electron chi connectivity index (χ4n) is 1.39. The molecular weight excluding hydrogens is 122 g/mol. The molecule has 1 heteroatoms. The summed E-state index contributed by atoms with van der Waals surface area (Å²) in [5.74, 6) is 1.72. The molecule has 0 aliphatic rings. The molecule has 0 aliphatic heterocycles. The van der Waals surface area contributed by atoms with Gasteiger partial charge in [-0.05, 0) is 31.2 Å². The highest BCUT2D eigenvalue weighted by Gasteiger charge is 2.08. The van der Waals surface area contributed by atoms with Gasteiger partial charge in [0.1, 0.15) is 0 Å². The Kier molecular flexibility index (Phi) is 5.70. The summed E-state index contributed by atoms with van der Waals surface area (Å²) < 4.78 is 0. The fraction of sp³-hybridized carbons (Fsp3) is 1.00. The molecule has 0 heterocycles. The number of hydrogen-bond donors (Lipinski definition) is 1. The molecule has 0 radical (unpaired) electrons. The maximum Gasteiger partial charge on any atom is -0.00772 e. The van der Waals surface area contributed by atoms with E-state index in [1.807, 2.05) is 0 Å². The van der Waals surface area contributed by atoms with Crippen LogP contribution in [0.5, 0.6) is 0 Å². The summed E-state index contributed by atoms with van der Waals surface area (Å²) in [4.78, 5) is 0. The van der Waals surface area contributed by atoms with E-state index in [-0.39, 0.29) is 0 Å². The van der Waals surface area contributed by atoms with Crippen LogP contribution in [0.2, 0.25) is 0 Å². The van der Waals surface area contributed by atoms with Crippen molar-refractivity contribution in [3.8, 4) is 0 Å². The van der Waals surface area contributed by atoms with E-state index in [0.717, 1.165) is 18.4 Å². The highest BCUT2D eigenvalue weighted by atomic mass is 14.5. The first kappa shape index (κ1) is 9.96. The third-order valence-corrected chi connectivity index (χ3v) is 2.25. The van der Waals surface area contributed by atoms with Crippen LogP contribution in [-0.2, 0) is 0 Å². The smallest absolute Gasteiger partial charge is 0.00772 e. The standard InChI is InChI=1S/C9H21N/c1-4-9(8(2)3)6-5-7-10/h8-9H,4-7,10H2,1-3H3/t9-/m1/s1. The summed E-state index contributed by atoms with van der Waals surface area (Å²) in [6.45, 7) is 7.71. The van der Waals surface area contributed by atoms with Gasteiger partial charge >= 0.3 is 0 Å². The van der Waals surface area contributed by atoms with Crippen molar-refractivity contribution in [1.82, 2.24) is 0 Å². The second kappa shape index (κ2) is 5.72. The highest BCUT2D eigenvalue weighted by Crippen LogP contribution is 2.19. The van der Waals surface area contributed by atoms with E-state index in [9.17, 15) is 0 Å². The van der Waals surface area contributed by atoms with Crippen molar-refractivity contribution in [2.45, 2.75) is 40.0 Å². The van der Waals surface area contributed by atoms with Gasteiger partial charge < -0.3 is 5.73 Å². The quantitative estimate of drug-likeness (QED) is 0.628.